The molecular weight excluding hydrogens is 208 g/mol. The fraction of sp³-hybridized carbons (Fsp3) is 1.00. The fourth-order valence-electron chi connectivity index (χ4n) is 3.08. The standard InChI is InChI=1S/C15H32N2/c1-4-14(3)11-17(5-2)13-15(12-16)9-7-6-8-10-15/h14H,4-13,16H2,1-3H3. The summed E-state index contributed by atoms with van der Waals surface area (Å²) in [6.07, 6.45) is 8.17. The zero-order valence-corrected chi connectivity index (χ0v) is 12.2. The van der Waals surface area contributed by atoms with Crippen molar-refractivity contribution >= 4 is 0 Å². The van der Waals surface area contributed by atoms with Crippen molar-refractivity contribution in [3.05, 3.63) is 0 Å². The third-order valence-corrected chi connectivity index (χ3v) is 4.62. The molecule has 0 spiro atoms. The number of hydrogen-bond donors (Lipinski definition) is 1. The number of nitrogens with two attached hydrogens (primary N) is 1. The molecule has 1 rings (SSSR count). The smallest absolute Gasteiger partial charge is 0.00501 e. The van der Waals surface area contributed by atoms with Crippen LogP contribution < -0.4 is 5.73 Å². The Balaban J connectivity index is 2.51. The largest absolute Gasteiger partial charge is 0.330 e. The molecule has 1 fully saturated rings. The first-order valence-electron chi connectivity index (χ1n) is 7.58. The first-order chi connectivity index (χ1) is 8.15. The summed E-state index contributed by atoms with van der Waals surface area (Å²) in [6.45, 7) is 11.5. The van der Waals surface area contributed by atoms with Crippen LogP contribution in [0.4, 0.5) is 0 Å². The highest BCUT2D eigenvalue weighted by Gasteiger charge is 2.32. The van der Waals surface area contributed by atoms with E-state index in [0.29, 0.717) is 5.41 Å². The summed E-state index contributed by atoms with van der Waals surface area (Å²) < 4.78 is 0. The molecule has 1 aliphatic carbocycles. The molecular formula is C15H32N2. The van der Waals surface area contributed by atoms with Gasteiger partial charge in [-0.2, -0.15) is 0 Å². The Hall–Kier alpha value is -0.0800. The summed E-state index contributed by atoms with van der Waals surface area (Å²) >= 11 is 0. The van der Waals surface area contributed by atoms with E-state index in [4.69, 9.17) is 5.73 Å². The Kier molecular flexibility index (Phi) is 6.50. The van der Waals surface area contributed by atoms with Crippen LogP contribution in [0.25, 0.3) is 0 Å². The van der Waals surface area contributed by atoms with Crippen molar-refractivity contribution in [2.45, 2.75) is 59.3 Å². The Bertz CT molecular complexity index is 197. The quantitative estimate of drug-likeness (QED) is 0.740. The predicted octanol–water partition coefficient (Wildman–Crippen LogP) is 3.26. The maximum absolute atomic E-state index is 6.08. The summed E-state index contributed by atoms with van der Waals surface area (Å²) in [5.74, 6) is 0.813. The van der Waals surface area contributed by atoms with Crippen LogP contribution in [0.1, 0.15) is 59.3 Å². The Morgan fingerprint density at radius 1 is 1.18 bits per heavy atom. The van der Waals surface area contributed by atoms with Gasteiger partial charge in [0, 0.05) is 13.1 Å². The van der Waals surface area contributed by atoms with E-state index >= 15 is 0 Å². The fourth-order valence-corrected chi connectivity index (χ4v) is 3.08. The maximum atomic E-state index is 6.08. The highest BCUT2D eigenvalue weighted by molar-refractivity contribution is 4.86. The van der Waals surface area contributed by atoms with E-state index in [0.717, 1.165) is 12.5 Å². The van der Waals surface area contributed by atoms with E-state index in [-0.39, 0.29) is 0 Å². The maximum Gasteiger partial charge on any atom is 0.00501 e. The molecule has 0 bridgehead atoms. The van der Waals surface area contributed by atoms with Crippen LogP contribution in [0.5, 0.6) is 0 Å². The molecule has 0 aromatic heterocycles. The molecule has 0 radical (unpaired) electrons. The molecule has 0 aliphatic heterocycles. The molecule has 1 atom stereocenters. The summed E-state index contributed by atoms with van der Waals surface area (Å²) in [5, 5.41) is 0. The van der Waals surface area contributed by atoms with Gasteiger partial charge in [0.1, 0.15) is 0 Å². The van der Waals surface area contributed by atoms with E-state index < -0.39 is 0 Å². The van der Waals surface area contributed by atoms with Crippen molar-refractivity contribution in [1.29, 1.82) is 0 Å². The van der Waals surface area contributed by atoms with Crippen molar-refractivity contribution in [1.82, 2.24) is 4.90 Å². The lowest BCUT2D eigenvalue weighted by atomic mass is 9.73. The van der Waals surface area contributed by atoms with E-state index in [9.17, 15) is 0 Å². The normalized spacial score (nSPS) is 21.7. The van der Waals surface area contributed by atoms with Crippen molar-refractivity contribution in [2.24, 2.45) is 17.1 Å². The minimum Gasteiger partial charge on any atom is -0.330 e. The second-order valence-electron chi connectivity index (χ2n) is 6.11. The van der Waals surface area contributed by atoms with Crippen molar-refractivity contribution in [2.75, 3.05) is 26.2 Å². The van der Waals surface area contributed by atoms with Crippen LogP contribution in [0.2, 0.25) is 0 Å². The average Bonchev–Trinajstić information content (AvgIpc) is 2.38. The van der Waals surface area contributed by atoms with Crippen LogP contribution in [-0.2, 0) is 0 Å². The molecule has 2 heteroatoms. The Morgan fingerprint density at radius 3 is 2.29 bits per heavy atom. The second-order valence-corrected chi connectivity index (χ2v) is 6.11. The van der Waals surface area contributed by atoms with E-state index in [1.165, 1.54) is 58.2 Å². The predicted molar refractivity (Wildman–Crippen MR) is 76.1 cm³/mol. The first-order valence-corrected chi connectivity index (χ1v) is 7.58. The monoisotopic (exact) mass is 240 g/mol. The molecule has 2 N–H and O–H groups in total. The SMILES string of the molecule is CCC(C)CN(CC)CC1(CN)CCCCC1. The van der Waals surface area contributed by atoms with Gasteiger partial charge in [-0.1, -0.05) is 46.5 Å². The zero-order chi connectivity index (χ0) is 12.7. The molecule has 102 valence electrons. The highest BCUT2D eigenvalue weighted by atomic mass is 15.1. The van der Waals surface area contributed by atoms with Crippen molar-refractivity contribution in [3.8, 4) is 0 Å². The summed E-state index contributed by atoms with van der Waals surface area (Å²) in [6, 6.07) is 0. The number of rotatable bonds is 7. The van der Waals surface area contributed by atoms with Gasteiger partial charge in [-0.25, -0.2) is 0 Å². The molecule has 0 saturated heterocycles. The summed E-state index contributed by atoms with van der Waals surface area (Å²) in [4.78, 5) is 2.63. The molecule has 1 aliphatic rings. The molecule has 0 heterocycles. The van der Waals surface area contributed by atoms with E-state index in [2.05, 4.69) is 25.7 Å². The Morgan fingerprint density at radius 2 is 1.82 bits per heavy atom. The molecule has 1 saturated carbocycles. The second kappa shape index (κ2) is 7.38. The van der Waals surface area contributed by atoms with E-state index in [1.54, 1.807) is 0 Å². The van der Waals surface area contributed by atoms with Gasteiger partial charge >= 0.3 is 0 Å². The molecule has 17 heavy (non-hydrogen) atoms. The van der Waals surface area contributed by atoms with Gasteiger partial charge in [0.15, 0.2) is 0 Å². The third-order valence-electron chi connectivity index (χ3n) is 4.62. The van der Waals surface area contributed by atoms with Crippen molar-refractivity contribution < 1.29 is 0 Å². The minimum absolute atomic E-state index is 0.432. The van der Waals surface area contributed by atoms with Gasteiger partial charge < -0.3 is 10.6 Å². The van der Waals surface area contributed by atoms with Gasteiger partial charge in [0.05, 0.1) is 0 Å². The summed E-state index contributed by atoms with van der Waals surface area (Å²) in [5.41, 5.74) is 6.51. The van der Waals surface area contributed by atoms with Crippen molar-refractivity contribution in [3.63, 3.8) is 0 Å². The zero-order valence-electron chi connectivity index (χ0n) is 12.2. The third kappa shape index (κ3) is 4.59. The van der Waals surface area contributed by atoms with Gasteiger partial charge in [0.25, 0.3) is 0 Å². The highest BCUT2D eigenvalue weighted by Crippen LogP contribution is 2.36. The topological polar surface area (TPSA) is 29.3 Å². The molecule has 0 aromatic carbocycles. The van der Waals surface area contributed by atoms with Gasteiger partial charge in [0.2, 0.25) is 0 Å². The van der Waals surface area contributed by atoms with Crippen LogP contribution in [0.3, 0.4) is 0 Å². The lowest BCUT2D eigenvalue weighted by Gasteiger charge is -2.40. The van der Waals surface area contributed by atoms with Crippen LogP contribution in [-0.4, -0.2) is 31.1 Å². The Labute approximate surface area is 108 Å². The first kappa shape index (κ1) is 15.0. The van der Waals surface area contributed by atoms with Gasteiger partial charge in [-0.05, 0) is 37.3 Å². The average molecular weight is 240 g/mol. The molecule has 0 amide bonds. The van der Waals surface area contributed by atoms with E-state index in [1.807, 2.05) is 0 Å². The number of hydrogen-bond acceptors (Lipinski definition) is 2. The lowest BCUT2D eigenvalue weighted by molar-refractivity contribution is 0.104. The molecule has 2 nitrogen and oxygen atoms in total. The van der Waals surface area contributed by atoms with Crippen LogP contribution >= 0.6 is 0 Å². The number of nitrogens with zero attached hydrogens (tertiary/aromatic N) is 1. The lowest BCUT2D eigenvalue weighted by Crippen LogP contribution is -2.45. The van der Waals surface area contributed by atoms with Crippen LogP contribution in [0.15, 0.2) is 0 Å². The van der Waals surface area contributed by atoms with Gasteiger partial charge in [-0.15, -0.1) is 0 Å². The van der Waals surface area contributed by atoms with Crippen LogP contribution in [0, 0.1) is 11.3 Å². The van der Waals surface area contributed by atoms with Gasteiger partial charge in [-0.3, -0.25) is 0 Å². The summed E-state index contributed by atoms with van der Waals surface area (Å²) in [7, 11) is 0. The molecule has 1 unspecified atom stereocenters. The minimum atomic E-state index is 0.432. The molecule has 0 aromatic rings.